The van der Waals surface area contributed by atoms with E-state index in [2.05, 4.69) is 34.1 Å². The van der Waals surface area contributed by atoms with Crippen molar-refractivity contribution >= 4 is 23.4 Å². The predicted octanol–water partition coefficient (Wildman–Crippen LogP) is 2.50. The van der Waals surface area contributed by atoms with Gasteiger partial charge in [-0.2, -0.15) is 16.9 Å². The fourth-order valence-electron chi connectivity index (χ4n) is 2.36. The van der Waals surface area contributed by atoms with Gasteiger partial charge in [0.15, 0.2) is 0 Å². The molecule has 2 rings (SSSR count). The van der Waals surface area contributed by atoms with Crippen LogP contribution in [-0.2, 0) is 11.8 Å². The van der Waals surface area contributed by atoms with Crippen molar-refractivity contribution in [2.75, 3.05) is 36.5 Å². The van der Waals surface area contributed by atoms with E-state index in [1.54, 1.807) is 28.8 Å². The molecule has 0 aromatic carbocycles. The Kier molecular flexibility index (Phi) is 7.27. The van der Waals surface area contributed by atoms with Crippen LogP contribution < -0.4 is 5.32 Å². The van der Waals surface area contributed by atoms with Crippen LogP contribution in [0.1, 0.15) is 13.8 Å². The quantitative estimate of drug-likeness (QED) is 0.706. The molecule has 0 saturated carbocycles. The second-order valence-corrected chi connectivity index (χ2v) is 6.54. The topological polar surface area (TPSA) is 63.1 Å². The Bertz CT molecular complexity index is 654. The zero-order valence-electron chi connectivity index (χ0n) is 14.5. The van der Waals surface area contributed by atoms with Crippen molar-refractivity contribution < 1.29 is 4.79 Å². The molecule has 0 atom stereocenters. The molecule has 0 saturated heterocycles. The minimum Gasteiger partial charge on any atom is -0.323 e. The van der Waals surface area contributed by atoms with Crippen molar-refractivity contribution in [3.8, 4) is 11.3 Å². The van der Waals surface area contributed by atoms with E-state index in [1.807, 2.05) is 25.4 Å². The molecule has 0 spiro atoms. The maximum absolute atomic E-state index is 12.2. The number of carbonyl (C=O) groups excluding carboxylic acids is 1. The van der Waals surface area contributed by atoms with Gasteiger partial charge in [0.25, 0.3) is 0 Å². The van der Waals surface area contributed by atoms with Crippen LogP contribution in [-0.4, -0.2) is 56.7 Å². The van der Waals surface area contributed by atoms with Crippen molar-refractivity contribution in [3.05, 3.63) is 30.7 Å². The molecule has 2 aromatic rings. The largest absolute Gasteiger partial charge is 0.323 e. The maximum atomic E-state index is 12.2. The smallest absolute Gasteiger partial charge is 0.234 e. The van der Waals surface area contributed by atoms with Gasteiger partial charge in [0.1, 0.15) is 0 Å². The van der Waals surface area contributed by atoms with Crippen LogP contribution in [0.4, 0.5) is 5.69 Å². The highest BCUT2D eigenvalue weighted by molar-refractivity contribution is 7.99. The van der Waals surface area contributed by atoms with Gasteiger partial charge in [0, 0.05) is 37.3 Å². The number of aromatic nitrogens is 3. The summed E-state index contributed by atoms with van der Waals surface area (Å²) in [4.78, 5) is 18.9. The number of aryl methyl sites for hydroxylation is 1. The lowest BCUT2D eigenvalue weighted by Crippen LogP contribution is -2.26. The number of amides is 1. The first kappa shape index (κ1) is 18.5. The minimum atomic E-state index is -0.00214. The summed E-state index contributed by atoms with van der Waals surface area (Å²) in [5.41, 5.74) is 2.36. The molecule has 0 fully saturated rings. The lowest BCUT2D eigenvalue weighted by atomic mass is 10.2. The molecule has 130 valence electrons. The zero-order chi connectivity index (χ0) is 17.4. The number of carbonyl (C=O) groups is 1. The first-order valence-corrected chi connectivity index (χ1v) is 9.33. The summed E-state index contributed by atoms with van der Waals surface area (Å²) in [5, 5.41) is 7.12. The highest BCUT2D eigenvalue weighted by Gasteiger charge is 2.11. The zero-order valence-corrected chi connectivity index (χ0v) is 15.3. The molecule has 0 radical (unpaired) electrons. The molecule has 2 aromatic heterocycles. The monoisotopic (exact) mass is 347 g/mol. The van der Waals surface area contributed by atoms with Crippen LogP contribution in [0.25, 0.3) is 11.3 Å². The molecule has 0 unspecified atom stereocenters. The van der Waals surface area contributed by atoms with Crippen LogP contribution in [0.2, 0.25) is 0 Å². The molecule has 2 heterocycles. The number of thioether (sulfide) groups is 1. The highest BCUT2D eigenvalue weighted by atomic mass is 32.2. The summed E-state index contributed by atoms with van der Waals surface area (Å²) < 4.78 is 1.72. The van der Waals surface area contributed by atoms with E-state index in [9.17, 15) is 4.79 Å². The Morgan fingerprint density at radius 3 is 2.83 bits per heavy atom. The Labute approximate surface area is 147 Å². The maximum Gasteiger partial charge on any atom is 0.234 e. The molecule has 1 N–H and O–H groups in total. The third kappa shape index (κ3) is 5.35. The molecule has 0 aliphatic carbocycles. The Morgan fingerprint density at radius 2 is 2.17 bits per heavy atom. The van der Waals surface area contributed by atoms with Gasteiger partial charge in [-0.1, -0.05) is 13.8 Å². The average molecular weight is 347 g/mol. The number of nitrogens with one attached hydrogen (secondary N) is 1. The fraction of sp³-hybridized carbons (Fsp3) is 0.471. The van der Waals surface area contributed by atoms with Crippen LogP contribution in [0.5, 0.6) is 0 Å². The van der Waals surface area contributed by atoms with E-state index in [1.165, 1.54) is 0 Å². The second-order valence-electron chi connectivity index (χ2n) is 5.43. The number of nitrogens with zero attached hydrogens (tertiary/aromatic N) is 4. The molecule has 7 heteroatoms. The molecule has 0 aliphatic heterocycles. The van der Waals surface area contributed by atoms with E-state index >= 15 is 0 Å². The Morgan fingerprint density at radius 1 is 1.38 bits per heavy atom. The van der Waals surface area contributed by atoms with Crippen LogP contribution >= 0.6 is 11.8 Å². The van der Waals surface area contributed by atoms with Crippen molar-refractivity contribution in [1.82, 2.24) is 19.7 Å². The average Bonchev–Trinajstić information content (AvgIpc) is 3.02. The van der Waals surface area contributed by atoms with Gasteiger partial charge >= 0.3 is 0 Å². The van der Waals surface area contributed by atoms with Crippen LogP contribution in [0.15, 0.2) is 30.7 Å². The van der Waals surface area contributed by atoms with E-state index in [4.69, 9.17) is 0 Å². The molecule has 0 aliphatic rings. The number of anilines is 1. The number of rotatable bonds is 9. The van der Waals surface area contributed by atoms with E-state index in [-0.39, 0.29) is 5.91 Å². The first-order valence-electron chi connectivity index (χ1n) is 8.18. The van der Waals surface area contributed by atoms with E-state index in [0.29, 0.717) is 5.75 Å². The van der Waals surface area contributed by atoms with Gasteiger partial charge in [0.05, 0.1) is 23.3 Å². The molecular weight excluding hydrogens is 322 g/mol. The first-order chi connectivity index (χ1) is 11.6. The van der Waals surface area contributed by atoms with E-state index in [0.717, 1.165) is 42.3 Å². The third-order valence-corrected chi connectivity index (χ3v) is 4.68. The molecular formula is C17H25N5OS. The predicted molar refractivity (Wildman–Crippen MR) is 100 cm³/mol. The van der Waals surface area contributed by atoms with Gasteiger partial charge in [-0.3, -0.25) is 14.5 Å². The van der Waals surface area contributed by atoms with Crippen LogP contribution in [0.3, 0.4) is 0 Å². The normalized spacial score (nSPS) is 11.0. The van der Waals surface area contributed by atoms with Gasteiger partial charge in [0.2, 0.25) is 5.91 Å². The Hall–Kier alpha value is -1.86. The second kappa shape index (κ2) is 9.44. The number of pyridine rings is 1. The summed E-state index contributed by atoms with van der Waals surface area (Å²) in [6.45, 7) is 7.42. The van der Waals surface area contributed by atoms with Gasteiger partial charge in [-0.05, 0) is 25.2 Å². The molecule has 0 bridgehead atoms. The third-order valence-electron chi connectivity index (χ3n) is 3.74. The highest BCUT2D eigenvalue weighted by Crippen LogP contribution is 2.24. The summed E-state index contributed by atoms with van der Waals surface area (Å²) in [7, 11) is 1.86. The lowest BCUT2D eigenvalue weighted by molar-refractivity contribution is -0.113. The minimum absolute atomic E-state index is 0.00214. The standard InChI is InChI=1S/C17H25N5OS/c1-4-22(5-2)9-10-24-13-16(23)20-15-7-6-8-18-17(15)14-11-19-21(3)12-14/h6-8,11-12H,4-5,9-10,13H2,1-3H3,(H,20,23). The van der Waals surface area contributed by atoms with Crippen LogP contribution in [0, 0.1) is 0 Å². The Balaban J connectivity index is 1.88. The summed E-state index contributed by atoms with van der Waals surface area (Å²) in [5.74, 6) is 1.40. The van der Waals surface area contributed by atoms with Crippen molar-refractivity contribution in [3.63, 3.8) is 0 Å². The summed E-state index contributed by atoms with van der Waals surface area (Å²) >= 11 is 1.65. The fourth-order valence-corrected chi connectivity index (χ4v) is 3.15. The SMILES string of the molecule is CCN(CC)CCSCC(=O)Nc1cccnc1-c1cnn(C)c1. The van der Waals surface area contributed by atoms with E-state index < -0.39 is 0 Å². The molecule has 6 nitrogen and oxygen atoms in total. The summed E-state index contributed by atoms with van der Waals surface area (Å²) in [6.07, 6.45) is 5.35. The van der Waals surface area contributed by atoms with Gasteiger partial charge in [-0.25, -0.2) is 0 Å². The number of hydrogen-bond donors (Lipinski definition) is 1. The van der Waals surface area contributed by atoms with Gasteiger partial charge < -0.3 is 10.2 Å². The van der Waals surface area contributed by atoms with Crippen molar-refractivity contribution in [2.45, 2.75) is 13.8 Å². The lowest BCUT2D eigenvalue weighted by Gasteiger charge is -2.17. The van der Waals surface area contributed by atoms with Crippen molar-refractivity contribution in [2.24, 2.45) is 7.05 Å². The molecule has 24 heavy (non-hydrogen) atoms. The molecule has 1 amide bonds. The number of hydrogen-bond acceptors (Lipinski definition) is 5. The van der Waals surface area contributed by atoms with Gasteiger partial charge in [-0.15, -0.1) is 0 Å². The summed E-state index contributed by atoms with van der Waals surface area (Å²) in [6, 6.07) is 3.69. The van der Waals surface area contributed by atoms with Crippen molar-refractivity contribution in [1.29, 1.82) is 0 Å².